The minimum Gasteiger partial charge on any atom is -0.493 e. The predicted molar refractivity (Wildman–Crippen MR) is 97.4 cm³/mol. The number of para-hydroxylation sites is 1. The Bertz CT molecular complexity index is 635. The van der Waals surface area contributed by atoms with E-state index in [0.29, 0.717) is 38.6 Å². The average Bonchev–Trinajstić information content (AvgIpc) is 2.69. The molecule has 6 heteroatoms. The van der Waals surface area contributed by atoms with Crippen molar-refractivity contribution in [2.75, 3.05) is 20.2 Å². The van der Waals surface area contributed by atoms with Gasteiger partial charge in [-0.15, -0.1) is 0 Å². The van der Waals surface area contributed by atoms with Crippen LogP contribution in [0.15, 0.2) is 18.2 Å². The van der Waals surface area contributed by atoms with Gasteiger partial charge in [-0.25, -0.2) is 4.79 Å². The molecule has 0 atom stereocenters. The molecule has 1 spiro atoms. The second-order valence-electron chi connectivity index (χ2n) is 7.52. The van der Waals surface area contributed by atoms with E-state index in [9.17, 15) is 4.79 Å². The number of nitrogens with one attached hydrogen (secondary N) is 1. The number of amides is 2. The third kappa shape index (κ3) is 3.47. The molecule has 2 fully saturated rings. The molecular weight excluding hydrogens is 332 g/mol. The summed E-state index contributed by atoms with van der Waals surface area (Å²) in [4.78, 5) is 14.4. The smallest absolute Gasteiger partial charge is 0.317 e. The fraction of sp³-hybridized carbons (Fsp3) is 0.650. The van der Waals surface area contributed by atoms with Gasteiger partial charge in [-0.2, -0.15) is 0 Å². The van der Waals surface area contributed by atoms with Gasteiger partial charge in [0.15, 0.2) is 11.5 Å². The summed E-state index contributed by atoms with van der Waals surface area (Å²) in [6.45, 7) is 1.80. The Kier molecular flexibility index (Phi) is 4.94. The topological polar surface area (TPSA) is 60.0 Å². The highest BCUT2D eigenvalue weighted by Crippen LogP contribution is 2.42. The SMILES string of the molecule is COc1cccc2c1OC1(CCN(C(=O)NC3CCCCC3)CC1)OC2. The van der Waals surface area contributed by atoms with Gasteiger partial charge >= 0.3 is 6.03 Å². The van der Waals surface area contributed by atoms with Gasteiger partial charge in [0, 0.05) is 37.5 Å². The zero-order valence-corrected chi connectivity index (χ0v) is 15.5. The van der Waals surface area contributed by atoms with Crippen molar-refractivity contribution in [3.63, 3.8) is 0 Å². The number of rotatable bonds is 2. The van der Waals surface area contributed by atoms with Crippen LogP contribution >= 0.6 is 0 Å². The van der Waals surface area contributed by atoms with Crippen LogP contribution in [0.1, 0.15) is 50.5 Å². The molecule has 4 rings (SSSR count). The molecule has 0 unspecified atom stereocenters. The largest absolute Gasteiger partial charge is 0.493 e. The fourth-order valence-electron chi connectivity index (χ4n) is 4.19. The van der Waals surface area contributed by atoms with Crippen molar-refractivity contribution in [3.05, 3.63) is 23.8 Å². The molecule has 1 saturated heterocycles. The lowest BCUT2D eigenvalue weighted by molar-refractivity contribution is -0.225. The van der Waals surface area contributed by atoms with Crippen LogP contribution in [0, 0.1) is 0 Å². The van der Waals surface area contributed by atoms with Crippen molar-refractivity contribution in [2.24, 2.45) is 0 Å². The number of hydrogen-bond acceptors (Lipinski definition) is 4. The monoisotopic (exact) mass is 360 g/mol. The molecule has 0 aromatic heterocycles. The number of methoxy groups -OCH3 is 1. The van der Waals surface area contributed by atoms with Gasteiger partial charge in [0.1, 0.15) is 0 Å². The van der Waals surface area contributed by atoms with Crippen molar-refractivity contribution < 1.29 is 19.0 Å². The Hall–Kier alpha value is -1.95. The lowest BCUT2D eigenvalue weighted by atomic mass is 9.95. The second-order valence-corrected chi connectivity index (χ2v) is 7.52. The molecular formula is C20H28N2O4. The van der Waals surface area contributed by atoms with Gasteiger partial charge < -0.3 is 24.4 Å². The molecule has 0 bridgehead atoms. The number of carbonyl (C=O) groups excluding carboxylic acids is 1. The third-order valence-electron chi connectivity index (χ3n) is 5.80. The standard InChI is InChI=1S/C20H28N2O4/c1-24-17-9-5-6-15-14-25-20(26-18(15)17)10-12-22(13-11-20)19(23)21-16-7-3-2-4-8-16/h5-6,9,16H,2-4,7-8,10-14H2,1H3,(H,21,23). The number of urea groups is 1. The van der Waals surface area contributed by atoms with Crippen molar-refractivity contribution >= 4 is 6.03 Å². The van der Waals surface area contributed by atoms with E-state index in [-0.39, 0.29) is 6.03 Å². The molecule has 2 aliphatic heterocycles. The number of nitrogens with zero attached hydrogens (tertiary/aromatic N) is 1. The van der Waals surface area contributed by atoms with Crippen LogP contribution in [0.25, 0.3) is 0 Å². The highest BCUT2D eigenvalue weighted by molar-refractivity contribution is 5.74. The van der Waals surface area contributed by atoms with Crippen LogP contribution in [0.2, 0.25) is 0 Å². The number of ether oxygens (including phenoxy) is 3. The van der Waals surface area contributed by atoms with Crippen LogP contribution < -0.4 is 14.8 Å². The molecule has 1 saturated carbocycles. The van der Waals surface area contributed by atoms with E-state index >= 15 is 0 Å². The summed E-state index contributed by atoms with van der Waals surface area (Å²) in [6, 6.07) is 6.24. The summed E-state index contributed by atoms with van der Waals surface area (Å²) in [6.07, 6.45) is 7.27. The summed E-state index contributed by atoms with van der Waals surface area (Å²) in [7, 11) is 1.65. The Morgan fingerprint density at radius 3 is 2.73 bits per heavy atom. The average molecular weight is 360 g/mol. The highest BCUT2D eigenvalue weighted by atomic mass is 16.7. The van der Waals surface area contributed by atoms with E-state index in [1.807, 2.05) is 23.1 Å². The number of benzene rings is 1. The lowest BCUT2D eigenvalue weighted by Crippen LogP contribution is -2.55. The number of carbonyl (C=O) groups is 1. The van der Waals surface area contributed by atoms with Crippen LogP contribution in [-0.4, -0.2) is 43.0 Å². The number of likely N-dealkylation sites (tertiary alicyclic amines) is 1. The lowest BCUT2D eigenvalue weighted by Gasteiger charge is -2.44. The summed E-state index contributed by atoms with van der Waals surface area (Å²) in [5.74, 6) is 0.868. The molecule has 0 radical (unpaired) electrons. The van der Waals surface area contributed by atoms with Crippen molar-refractivity contribution in [2.45, 2.75) is 63.4 Å². The number of piperidine rings is 1. The van der Waals surface area contributed by atoms with Crippen molar-refractivity contribution in [1.29, 1.82) is 0 Å². The van der Waals surface area contributed by atoms with E-state index < -0.39 is 5.79 Å². The van der Waals surface area contributed by atoms with Gasteiger partial charge in [0.05, 0.1) is 13.7 Å². The van der Waals surface area contributed by atoms with Gasteiger partial charge in [-0.05, 0) is 18.9 Å². The quantitative estimate of drug-likeness (QED) is 0.878. The molecule has 6 nitrogen and oxygen atoms in total. The molecule has 2 heterocycles. The maximum absolute atomic E-state index is 12.5. The van der Waals surface area contributed by atoms with Crippen LogP contribution in [0.3, 0.4) is 0 Å². The van der Waals surface area contributed by atoms with Gasteiger partial charge in [0.25, 0.3) is 0 Å². The molecule has 1 aromatic carbocycles. The molecule has 2 amide bonds. The Morgan fingerprint density at radius 2 is 2.00 bits per heavy atom. The van der Waals surface area contributed by atoms with Gasteiger partial charge in [-0.3, -0.25) is 0 Å². The van der Waals surface area contributed by atoms with Crippen LogP contribution in [-0.2, 0) is 11.3 Å². The third-order valence-corrected chi connectivity index (χ3v) is 5.80. The second kappa shape index (κ2) is 7.35. The predicted octanol–water partition coefficient (Wildman–Crippen LogP) is 3.44. The number of fused-ring (bicyclic) bond motifs is 1. The molecule has 1 aromatic rings. The molecule has 3 aliphatic rings. The summed E-state index contributed by atoms with van der Waals surface area (Å²) < 4.78 is 17.8. The zero-order valence-electron chi connectivity index (χ0n) is 15.5. The first kappa shape index (κ1) is 17.5. The van der Waals surface area contributed by atoms with E-state index in [2.05, 4.69) is 5.32 Å². The fourth-order valence-corrected chi connectivity index (χ4v) is 4.19. The highest BCUT2D eigenvalue weighted by Gasteiger charge is 2.42. The molecule has 1 aliphatic carbocycles. The Morgan fingerprint density at radius 1 is 1.23 bits per heavy atom. The Balaban J connectivity index is 1.36. The summed E-state index contributed by atoms with van der Waals surface area (Å²) in [5.41, 5.74) is 1.01. The van der Waals surface area contributed by atoms with E-state index in [0.717, 1.165) is 29.9 Å². The van der Waals surface area contributed by atoms with Crippen LogP contribution in [0.4, 0.5) is 4.79 Å². The first-order valence-corrected chi connectivity index (χ1v) is 9.73. The number of hydrogen-bond donors (Lipinski definition) is 1. The maximum atomic E-state index is 12.5. The van der Waals surface area contributed by atoms with E-state index in [1.54, 1.807) is 7.11 Å². The molecule has 26 heavy (non-hydrogen) atoms. The zero-order chi connectivity index (χ0) is 18.0. The normalized spacial score (nSPS) is 22.4. The minimum atomic E-state index is -0.650. The first-order chi connectivity index (χ1) is 12.7. The summed E-state index contributed by atoms with van der Waals surface area (Å²) in [5, 5.41) is 3.20. The first-order valence-electron chi connectivity index (χ1n) is 9.73. The molecule has 142 valence electrons. The van der Waals surface area contributed by atoms with Gasteiger partial charge in [-0.1, -0.05) is 31.4 Å². The molecule has 1 N–H and O–H groups in total. The van der Waals surface area contributed by atoms with E-state index in [4.69, 9.17) is 14.2 Å². The summed E-state index contributed by atoms with van der Waals surface area (Å²) >= 11 is 0. The van der Waals surface area contributed by atoms with E-state index in [1.165, 1.54) is 19.3 Å². The van der Waals surface area contributed by atoms with Crippen molar-refractivity contribution in [1.82, 2.24) is 10.2 Å². The van der Waals surface area contributed by atoms with Crippen LogP contribution in [0.5, 0.6) is 11.5 Å². The Labute approximate surface area is 154 Å². The van der Waals surface area contributed by atoms with Crippen molar-refractivity contribution in [3.8, 4) is 11.5 Å². The van der Waals surface area contributed by atoms with Gasteiger partial charge in [0.2, 0.25) is 5.79 Å². The maximum Gasteiger partial charge on any atom is 0.317 e. The minimum absolute atomic E-state index is 0.0561.